The predicted octanol–water partition coefficient (Wildman–Crippen LogP) is 2.36. The molecular formula is C18H25NO6S. The molecule has 0 unspecified atom stereocenters. The summed E-state index contributed by atoms with van der Waals surface area (Å²) in [5.41, 5.74) is -0.943. The van der Waals surface area contributed by atoms with Crippen molar-refractivity contribution in [2.24, 2.45) is 11.3 Å². The average molecular weight is 383 g/mol. The maximum Gasteiger partial charge on any atom is 0.311 e. The highest BCUT2D eigenvalue weighted by Crippen LogP contribution is 2.50. The predicted molar refractivity (Wildman–Crippen MR) is 94.9 cm³/mol. The first-order valence-corrected chi connectivity index (χ1v) is 10.4. The van der Waals surface area contributed by atoms with Gasteiger partial charge in [-0.25, -0.2) is 8.42 Å². The number of hydrogen-bond acceptors (Lipinski definition) is 5. The average Bonchev–Trinajstić information content (AvgIpc) is 3.15. The number of rotatable bonds is 7. The van der Waals surface area contributed by atoms with E-state index in [2.05, 4.69) is 0 Å². The number of sulfonamides is 1. The van der Waals surface area contributed by atoms with Crippen LogP contribution in [0.3, 0.4) is 0 Å². The molecule has 26 heavy (non-hydrogen) atoms. The summed E-state index contributed by atoms with van der Waals surface area (Å²) in [7, 11) is -3.79. The molecule has 0 radical (unpaired) electrons. The smallest absolute Gasteiger partial charge is 0.311 e. The maximum absolute atomic E-state index is 13.1. The molecule has 0 bridgehead atoms. The maximum atomic E-state index is 13.1. The molecule has 1 aliphatic heterocycles. The zero-order chi connectivity index (χ0) is 18.9. The second kappa shape index (κ2) is 7.08. The van der Waals surface area contributed by atoms with E-state index in [0.29, 0.717) is 31.1 Å². The number of carbonyl (C=O) groups is 1. The van der Waals surface area contributed by atoms with Crippen molar-refractivity contribution in [3.8, 4) is 11.5 Å². The second-order valence-electron chi connectivity index (χ2n) is 6.82. The fourth-order valence-corrected chi connectivity index (χ4v) is 5.69. The third-order valence-corrected chi connectivity index (χ3v) is 7.23. The molecule has 1 aromatic rings. The van der Waals surface area contributed by atoms with E-state index >= 15 is 0 Å². The van der Waals surface area contributed by atoms with E-state index in [4.69, 9.17) is 9.47 Å². The van der Waals surface area contributed by atoms with Crippen molar-refractivity contribution >= 4 is 16.0 Å². The van der Waals surface area contributed by atoms with Crippen LogP contribution in [0, 0.1) is 11.3 Å². The van der Waals surface area contributed by atoms with Crippen LogP contribution in [0.25, 0.3) is 0 Å². The number of carboxylic acid groups (broad SMARTS) is 1. The van der Waals surface area contributed by atoms with E-state index in [1.807, 2.05) is 13.8 Å². The molecule has 0 amide bonds. The lowest BCUT2D eigenvalue weighted by atomic mass is 9.81. The van der Waals surface area contributed by atoms with Crippen LogP contribution in [-0.4, -0.2) is 50.1 Å². The fourth-order valence-electron chi connectivity index (χ4n) is 4.12. The highest BCUT2D eigenvalue weighted by molar-refractivity contribution is 7.89. The van der Waals surface area contributed by atoms with Gasteiger partial charge in [0, 0.05) is 19.2 Å². The molecule has 1 saturated carbocycles. The Morgan fingerprint density at radius 3 is 2.58 bits per heavy atom. The molecule has 2 atom stereocenters. The lowest BCUT2D eigenvalue weighted by Gasteiger charge is -2.23. The van der Waals surface area contributed by atoms with Gasteiger partial charge in [0.2, 0.25) is 10.0 Å². The molecule has 7 nitrogen and oxygen atoms in total. The minimum atomic E-state index is -3.79. The standard InChI is InChI=1S/C18H25NO6S/c1-3-24-15-8-7-14(10-16(15)25-4-2)26(22,23)19-11-13-6-5-9-18(13,12-19)17(20)21/h7-8,10,13H,3-6,9,11-12H2,1-2H3,(H,20,21)/t13-,18+/m0/s1. The topological polar surface area (TPSA) is 93.1 Å². The first-order valence-electron chi connectivity index (χ1n) is 8.98. The molecule has 1 saturated heterocycles. The zero-order valence-electron chi connectivity index (χ0n) is 15.1. The van der Waals surface area contributed by atoms with Gasteiger partial charge in [0.15, 0.2) is 11.5 Å². The van der Waals surface area contributed by atoms with Crippen molar-refractivity contribution in [2.45, 2.75) is 38.0 Å². The fraction of sp³-hybridized carbons (Fsp3) is 0.611. The number of aliphatic carboxylic acids is 1. The van der Waals surface area contributed by atoms with E-state index < -0.39 is 21.4 Å². The molecule has 0 spiro atoms. The van der Waals surface area contributed by atoms with Gasteiger partial charge in [-0.3, -0.25) is 4.79 Å². The Labute approximate surface area is 154 Å². The second-order valence-corrected chi connectivity index (χ2v) is 8.76. The summed E-state index contributed by atoms with van der Waals surface area (Å²) >= 11 is 0. The molecule has 8 heteroatoms. The Bertz CT molecular complexity index is 793. The van der Waals surface area contributed by atoms with Gasteiger partial charge < -0.3 is 14.6 Å². The van der Waals surface area contributed by atoms with E-state index in [9.17, 15) is 18.3 Å². The quantitative estimate of drug-likeness (QED) is 0.777. The summed E-state index contributed by atoms with van der Waals surface area (Å²) < 4.78 is 38.5. The van der Waals surface area contributed by atoms with Gasteiger partial charge in [-0.2, -0.15) is 4.31 Å². The number of carboxylic acids is 1. The highest BCUT2D eigenvalue weighted by Gasteiger charge is 2.57. The zero-order valence-corrected chi connectivity index (χ0v) is 15.9. The van der Waals surface area contributed by atoms with Crippen LogP contribution >= 0.6 is 0 Å². The van der Waals surface area contributed by atoms with Crippen LogP contribution in [0.15, 0.2) is 23.1 Å². The van der Waals surface area contributed by atoms with Crippen molar-refractivity contribution in [1.29, 1.82) is 0 Å². The van der Waals surface area contributed by atoms with Gasteiger partial charge in [-0.15, -0.1) is 0 Å². The van der Waals surface area contributed by atoms with Gasteiger partial charge >= 0.3 is 5.97 Å². The van der Waals surface area contributed by atoms with Crippen molar-refractivity contribution in [1.82, 2.24) is 4.31 Å². The monoisotopic (exact) mass is 383 g/mol. The summed E-state index contributed by atoms with van der Waals surface area (Å²) in [6.45, 7) is 4.78. The van der Waals surface area contributed by atoms with Crippen molar-refractivity contribution < 1.29 is 27.8 Å². The molecule has 2 fully saturated rings. The summed E-state index contributed by atoms with van der Waals surface area (Å²) in [5, 5.41) is 9.68. The minimum Gasteiger partial charge on any atom is -0.490 e. The Morgan fingerprint density at radius 1 is 1.27 bits per heavy atom. The van der Waals surface area contributed by atoms with Crippen molar-refractivity contribution in [3.63, 3.8) is 0 Å². The third-order valence-electron chi connectivity index (χ3n) is 5.42. The van der Waals surface area contributed by atoms with E-state index in [1.165, 1.54) is 16.4 Å². The normalized spacial score (nSPS) is 25.8. The molecule has 144 valence electrons. The summed E-state index contributed by atoms with van der Waals surface area (Å²) in [4.78, 5) is 11.9. The van der Waals surface area contributed by atoms with Crippen molar-refractivity contribution in [2.75, 3.05) is 26.3 Å². The first kappa shape index (κ1) is 19.0. The van der Waals surface area contributed by atoms with Gasteiger partial charge in [0.25, 0.3) is 0 Å². The largest absolute Gasteiger partial charge is 0.490 e. The summed E-state index contributed by atoms with van der Waals surface area (Å²) in [5.74, 6) is -0.139. The van der Waals surface area contributed by atoms with Gasteiger partial charge in [0.1, 0.15) is 0 Å². The highest BCUT2D eigenvalue weighted by atomic mass is 32.2. The SMILES string of the molecule is CCOc1ccc(S(=O)(=O)N2C[C@@H]3CCC[C@@]3(C(=O)O)C2)cc1OCC. The molecule has 1 heterocycles. The Balaban J connectivity index is 1.91. The molecule has 3 rings (SSSR count). The van der Waals surface area contributed by atoms with E-state index in [1.54, 1.807) is 6.07 Å². The number of fused-ring (bicyclic) bond motifs is 1. The van der Waals surface area contributed by atoms with Crippen LogP contribution in [-0.2, 0) is 14.8 Å². The van der Waals surface area contributed by atoms with Crippen LogP contribution < -0.4 is 9.47 Å². The lowest BCUT2D eigenvalue weighted by molar-refractivity contribution is -0.149. The van der Waals surface area contributed by atoms with Gasteiger partial charge in [0.05, 0.1) is 23.5 Å². The van der Waals surface area contributed by atoms with Gasteiger partial charge in [-0.1, -0.05) is 6.42 Å². The third kappa shape index (κ3) is 3.05. The Hall–Kier alpha value is -1.80. The molecule has 1 aromatic carbocycles. The number of nitrogens with zero attached hydrogens (tertiary/aromatic N) is 1. The van der Waals surface area contributed by atoms with Crippen LogP contribution in [0.4, 0.5) is 0 Å². The molecular weight excluding hydrogens is 358 g/mol. The van der Waals surface area contributed by atoms with Crippen molar-refractivity contribution in [3.05, 3.63) is 18.2 Å². The molecule has 0 aromatic heterocycles. The minimum absolute atomic E-state index is 0.0342. The van der Waals surface area contributed by atoms with Crippen LogP contribution in [0.2, 0.25) is 0 Å². The first-order chi connectivity index (χ1) is 12.3. The van der Waals surface area contributed by atoms with E-state index in [0.717, 1.165) is 12.8 Å². The lowest BCUT2D eigenvalue weighted by Crippen LogP contribution is -2.37. The van der Waals surface area contributed by atoms with E-state index in [-0.39, 0.29) is 23.9 Å². The molecule has 2 aliphatic rings. The van der Waals surface area contributed by atoms with Crippen LogP contribution in [0.5, 0.6) is 11.5 Å². The number of hydrogen-bond donors (Lipinski definition) is 1. The molecule has 1 N–H and O–H groups in total. The summed E-state index contributed by atoms with van der Waals surface area (Å²) in [6, 6.07) is 4.54. The number of benzene rings is 1. The molecule has 1 aliphatic carbocycles. The Kier molecular flexibility index (Phi) is 5.16. The number of ether oxygens (including phenoxy) is 2. The van der Waals surface area contributed by atoms with Gasteiger partial charge in [-0.05, 0) is 44.7 Å². The van der Waals surface area contributed by atoms with Crippen LogP contribution in [0.1, 0.15) is 33.1 Å². The summed E-state index contributed by atoms with van der Waals surface area (Å²) in [6.07, 6.45) is 2.13. The Morgan fingerprint density at radius 2 is 1.96 bits per heavy atom.